The zero-order valence-corrected chi connectivity index (χ0v) is 18.6. The lowest BCUT2D eigenvalue weighted by Crippen LogP contribution is -2.44. The number of nitrogens with zero attached hydrogens (tertiary/aromatic N) is 1. The van der Waals surface area contributed by atoms with E-state index in [1.807, 2.05) is 0 Å². The van der Waals surface area contributed by atoms with Crippen LogP contribution < -0.4 is 10.4 Å². The number of hydrogen-bond acceptors (Lipinski definition) is 6. The normalized spacial score (nSPS) is 19.8. The first-order valence-corrected chi connectivity index (χ1v) is 12.3. The van der Waals surface area contributed by atoms with Gasteiger partial charge in [0.25, 0.3) is 15.9 Å². The molecular formula is C22H24N4O6S. The zero-order valence-electron chi connectivity index (χ0n) is 17.7. The number of imidazole rings is 1. The smallest absolute Gasteiger partial charge is 0.323 e. The zero-order chi connectivity index (χ0) is 23.0. The monoisotopic (exact) mass is 472 g/mol. The van der Waals surface area contributed by atoms with Gasteiger partial charge in [-0.3, -0.25) is 9.52 Å². The number of anilines is 1. The summed E-state index contributed by atoms with van der Waals surface area (Å²) in [6.07, 6.45) is 1.43. The molecule has 33 heavy (non-hydrogen) atoms. The number of fused-ring (bicyclic) bond motifs is 1. The maximum Gasteiger partial charge on any atom is 0.323 e. The molecule has 2 fully saturated rings. The minimum absolute atomic E-state index is 0.0268. The molecule has 2 aliphatic rings. The average molecular weight is 473 g/mol. The second-order valence-corrected chi connectivity index (χ2v) is 9.88. The fourth-order valence-electron chi connectivity index (χ4n) is 4.38. The van der Waals surface area contributed by atoms with Crippen LogP contribution in [0.4, 0.5) is 5.69 Å². The lowest BCUT2D eigenvalue weighted by atomic mass is 9.96. The van der Waals surface area contributed by atoms with Crippen molar-refractivity contribution in [2.24, 2.45) is 5.92 Å². The Balaban J connectivity index is 1.38. The number of aromatic nitrogens is 2. The molecule has 3 N–H and O–H groups in total. The summed E-state index contributed by atoms with van der Waals surface area (Å²) in [5.74, 6) is -0.161. The Morgan fingerprint density at radius 1 is 1.06 bits per heavy atom. The van der Waals surface area contributed by atoms with Gasteiger partial charge in [0.05, 0.1) is 40.4 Å². The van der Waals surface area contributed by atoms with Gasteiger partial charge in [0.2, 0.25) is 0 Å². The van der Waals surface area contributed by atoms with E-state index in [4.69, 9.17) is 9.47 Å². The Morgan fingerprint density at radius 2 is 1.82 bits per heavy atom. The number of rotatable bonds is 5. The van der Waals surface area contributed by atoms with Crippen molar-refractivity contribution < 1.29 is 22.7 Å². The van der Waals surface area contributed by atoms with E-state index in [1.165, 1.54) is 18.2 Å². The van der Waals surface area contributed by atoms with Crippen molar-refractivity contribution in [1.82, 2.24) is 14.9 Å². The van der Waals surface area contributed by atoms with Crippen LogP contribution >= 0.6 is 0 Å². The second-order valence-electron chi connectivity index (χ2n) is 8.20. The van der Waals surface area contributed by atoms with Gasteiger partial charge in [-0.1, -0.05) is 12.1 Å². The van der Waals surface area contributed by atoms with Crippen LogP contribution in [0.2, 0.25) is 0 Å². The van der Waals surface area contributed by atoms with Crippen LogP contribution in [0, 0.1) is 5.92 Å². The number of sulfonamides is 1. The Labute approximate surface area is 189 Å². The minimum atomic E-state index is -4.00. The molecule has 2 aromatic carbocycles. The predicted molar refractivity (Wildman–Crippen MR) is 120 cm³/mol. The molecule has 0 aliphatic carbocycles. The number of carbonyl (C=O) groups is 1. The maximum atomic E-state index is 13.3. The average Bonchev–Trinajstić information content (AvgIpc) is 3.47. The molecule has 10 nitrogen and oxygen atoms in total. The van der Waals surface area contributed by atoms with Gasteiger partial charge in [-0.05, 0) is 43.2 Å². The van der Waals surface area contributed by atoms with Crippen LogP contribution in [0.5, 0.6) is 0 Å². The van der Waals surface area contributed by atoms with E-state index in [0.29, 0.717) is 37.3 Å². The largest absolute Gasteiger partial charge is 0.350 e. The molecule has 174 valence electrons. The molecule has 0 bridgehead atoms. The third-order valence-electron chi connectivity index (χ3n) is 5.98. The number of ether oxygens (including phenoxy) is 2. The third kappa shape index (κ3) is 4.39. The van der Waals surface area contributed by atoms with Crippen molar-refractivity contribution in [3.05, 3.63) is 58.5 Å². The second kappa shape index (κ2) is 8.65. The van der Waals surface area contributed by atoms with E-state index >= 15 is 0 Å². The van der Waals surface area contributed by atoms with Gasteiger partial charge in [-0.25, -0.2) is 13.2 Å². The molecule has 0 spiro atoms. The Bertz CT molecular complexity index is 1340. The number of piperidine rings is 1. The molecule has 2 aliphatic heterocycles. The van der Waals surface area contributed by atoms with E-state index in [2.05, 4.69) is 14.7 Å². The van der Waals surface area contributed by atoms with E-state index in [9.17, 15) is 18.0 Å². The van der Waals surface area contributed by atoms with Crippen molar-refractivity contribution in [1.29, 1.82) is 0 Å². The van der Waals surface area contributed by atoms with Crippen LogP contribution in [0.3, 0.4) is 0 Å². The van der Waals surface area contributed by atoms with E-state index < -0.39 is 15.7 Å². The third-order valence-corrected chi connectivity index (χ3v) is 7.34. The van der Waals surface area contributed by atoms with Gasteiger partial charge >= 0.3 is 5.69 Å². The number of H-pyrrole nitrogens is 2. The Kier molecular flexibility index (Phi) is 5.69. The van der Waals surface area contributed by atoms with Gasteiger partial charge in [-0.15, -0.1) is 0 Å². The van der Waals surface area contributed by atoms with Crippen LogP contribution in [0.25, 0.3) is 11.0 Å². The highest BCUT2D eigenvalue weighted by Gasteiger charge is 2.33. The number of likely N-dealkylation sites (tertiary alicyclic amines) is 1. The van der Waals surface area contributed by atoms with Gasteiger partial charge in [0, 0.05) is 19.0 Å². The standard InChI is InChI=1S/C22H24N4O6S/c27-20(26-9-3-4-14(13-26)21-31-10-11-32-21)16-5-1-2-6-17(16)25-33(29,30)15-7-8-18-19(12-15)24-22(28)23-18/h1-2,5-8,12,14,21,25H,3-4,9-11,13H2,(H2,23,24,28). The summed E-state index contributed by atoms with van der Waals surface area (Å²) in [5.41, 5.74) is 0.927. The number of nitrogens with one attached hydrogen (secondary N) is 3. The number of amides is 1. The molecule has 11 heteroatoms. The maximum absolute atomic E-state index is 13.3. The summed E-state index contributed by atoms with van der Waals surface area (Å²) in [7, 11) is -4.00. The van der Waals surface area contributed by atoms with Crippen LogP contribution in [-0.2, 0) is 19.5 Å². The minimum Gasteiger partial charge on any atom is -0.350 e. The fourth-order valence-corrected chi connectivity index (χ4v) is 5.48. The van der Waals surface area contributed by atoms with Crippen molar-refractivity contribution in [2.75, 3.05) is 31.0 Å². The molecule has 0 saturated carbocycles. The first-order chi connectivity index (χ1) is 15.9. The molecule has 1 aromatic heterocycles. The van der Waals surface area contributed by atoms with Gasteiger partial charge < -0.3 is 24.3 Å². The molecule has 1 amide bonds. The first kappa shape index (κ1) is 21.7. The summed E-state index contributed by atoms with van der Waals surface area (Å²) in [5, 5.41) is 0. The van der Waals surface area contributed by atoms with Gasteiger partial charge in [0.1, 0.15) is 0 Å². The van der Waals surface area contributed by atoms with Gasteiger partial charge in [0.15, 0.2) is 6.29 Å². The predicted octanol–water partition coefficient (Wildman–Crippen LogP) is 1.88. The summed E-state index contributed by atoms with van der Waals surface area (Å²) in [4.78, 5) is 31.7. The fraction of sp³-hybridized carbons (Fsp3) is 0.364. The quantitative estimate of drug-likeness (QED) is 0.519. The van der Waals surface area contributed by atoms with Gasteiger partial charge in [-0.2, -0.15) is 0 Å². The summed E-state index contributed by atoms with van der Waals surface area (Å²) >= 11 is 0. The molecule has 3 heterocycles. The number of para-hydroxylation sites is 1. The van der Waals surface area contributed by atoms with E-state index in [1.54, 1.807) is 29.2 Å². The summed E-state index contributed by atoms with van der Waals surface area (Å²) in [6, 6.07) is 10.8. The topological polar surface area (TPSA) is 134 Å². The molecule has 5 rings (SSSR count). The van der Waals surface area contributed by atoms with Crippen LogP contribution in [0.15, 0.2) is 52.2 Å². The summed E-state index contributed by atoms with van der Waals surface area (Å²) in [6.45, 7) is 2.19. The molecule has 2 saturated heterocycles. The van der Waals surface area contributed by atoms with Crippen molar-refractivity contribution in [3.63, 3.8) is 0 Å². The van der Waals surface area contributed by atoms with Crippen molar-refractivity contribution >= 4 is 32.7 Å². The summed E-state index contributed by atoms with van der Waals surface area (Å²) < 4.78 is 39.9. The number of carbonyl (C=O) groups excluding carboxylic acids is 1. The lowest BCUT2D eigenvalue weighted by molar-refractivity contribution is -0.0969. The molecule has 3 aromatic rings. The van der Waals surface area contributed by atoms with Crippen molar-refractivity contribution in [3.8, 4) is 0 Å². The Morgan fingerprint density at radius 3 is 2.64 bits per heavy atom. The highest BCUT2D eigenvalue weighted by atomic mass is 32.2. The SMILES string of the molecule is O=C(c1ccccc1NS(=O)(=O)c1ccc2[nH]c(=O)[nH]c2c1)N1CCCC(C2OCCO2)C1. The first-order valence-electron chi connectivity index (χ1n) is 10.8. The number of benzene rings is 2. The van der Waals surface area contributed by atoms with E-state index in [-0.39, 0.29) is 34.3 Å². The van der Waals surface area contributed by atoms with Crippen LogP contribution in [-0.4, -0.2) is 61.8 Å². The molecular weight excluding hydrogens is 448 g/mol. The van der Waals surface area contributed by atoms with Crippen LogP contribution in [0.1, 0.15) is 23.2 Å². The lowest BCUT2D eigenvalue weighted by Gasteiger charge is -2.35. The molecule has 1 atom stereocenters. The number of aromatic amines is 2. The molecule has 1 unspecified atom stereocenters. The number of hydrogen-bond donors (Lipinski definition) is 3. The van der Waals surface area contributed by atoms with E-state index in [0.717, 1.165) is 12.8 Å². The molecule has 0 radical (unpaired) electrons. The van der Waals surface area contributed by atoms with Crippen molar-refractivity contribution in [2.45, 2.75) is 24.0 Å². The highest BCUT2D eigenvalue weighted by Crippen LogP contribution is 2.28. The highest BCUT2D eigenvalue weighted by molar-refractivity contribution is 7.92. The Hall–Kier alpha value is -3.15.